The molecule has 2 atom stereocenters. The first-order valence-electron chi connectivity index (χ1n) is 12.7. The van der Waals surface area contributed by atoms with Crippen LogP contribution >= 0.6 is 11.8 Å². The predicted octanol–water partition coefficient (Wildman–Crippen LogP) is 2.67. The first kappa shape index (κ1) is 28.8. The van der Waals surface area contributed by atoms with Gasteiger partial charge in [0.1, 0.15) is 23.8 Å². The second-order valence-electron chi connectivity index (χ2n) is 9.45. The molecule has 39 heavy (non-hydrogen) atoms. The lowest BCUT2D eigenvalue weighted by atomic mass is 10.0. The topological polar surface area (TPSA) is 85.4 Å². The number of hydrazine groups is 1. The van der Waals surface area contributed by atoms with Crippen LogP contribution in [0.25, 0.3) is 0 Å². The number of hydrogen-bond acceptors (Lipinski definition) is 6. The Morgan fingerprint density at radius 1 is 1.13 bits per heavy atom. The van der Waals surface area contributed by atoms with Crippen molar-refractivity contribution in [1.82, 2.24) is 25.1 Å². The quantitative estimate of drug-likeness (QED) is 0.449. The SMILES string of the molecule is CSCC[C@H]1C(=O)N(CCOCc2ccccc2F)C[C@H]2N1C(=O)CN(C)N2C(=O)NCc1ccc(F)cc1. The number of carbonyl (C=O) groups is 3. The molecule has 2 aliphatic heterocycles. The number of nitrogens with zero attached hydrogens (tertiary/aromatic N) is 4. The smallest absolute Gasteiger partial charge is 0.334 e. The largest absolute Gasteiger partial charge is 0.375 e. The molecule has 9 nitrogen and oxygen atoms in total. The Morgan fingerprint density at radius 2 is 1.87 bits per heavy atom. The second kappa shape index (κ2) is 13.2. The van der Waals surface area contributed by atoms with E-state index in [9.17, 15) is 23.2 Å². The second-order valence-corrected chi connectivity index (χ2v) is 10.4. The monoisotopic (exact) mass is 561 g/mol. The number of ether oxygens (including phenoxy) is 1. The van der Waals surface area contributed by atoms with E-state index in [4.69, 9.17) is 4.74 Å². The van der Waals surface area contributed by atoms with Crippen LogP contribution in [0.5, 0.6) is 0 Å². The van der Waals surface area contributed by atoms with Gasteiger partial charge in [-0.25, -0.2) is 23.6 Å². The van der Waals surface area contributed by atoms with E-state index >= 15 is 0 Å². The molecule has 0 aromatic heterocycles. The van der Waals surface area contributed by atoms with E-state index in [2.05, 4.69) is 5.32 Å². The highest BCUT2D eigenvalue weighted by molar-refractivity contribution is 7.98. The Balaban J connectivity index is 1.47. The molecule has 2 aromatic rings. The zero-order chi connectivity index (χ0) is 27.9. The van der Waals surface area contributed by atoms with E-state index in [1.165, 1.54) is 28.1 Å². The molecule has 4 rings (SSSR count). The Hall–Kier alpha value is -3.22. The number of fused-ring (bicyclic) bond motifs is 1. The minimum atomic E-state index is -0.712. The molecule has 12 heteroatoms. The van der Waals surface area contributed by atoms with E-state index in [1.54, 1.807) is 59.1 Å². The lowest BCUT2D eigenvalue weighted by Gasteiger charge is -2.54. The Bertz CT molecular complexity index is 1170. The van der Waals surface area contributed by atoms with Crippen molar-refractivity contribution in [3.05, 3.63) is 71.3 Å². The van der Waals surface area contributed by atoms with Gasteiger partial charge in [-0.15, -0.1) is 0 Å². The molecule has 1 N–H and O–H groups in total. The lowest BCUT2D eigenvalue weighted by Crippen LogP contribution is -2.76. The van der Waals surface area contributed by atoms with E-state index in [0.29, 0.717) is 17.7 Å². The van der Waals surface area contributed by atoms with Crippen LogP contribution in [0.4, 0.5) is 13.6 Å². The van der Waals surface area contributed by atoms with E-state index in [1.807, 2.05) is 6.26 Å². The summed E-state index contributed by atoms with van der Waals surface area (Å²) in [5, 5.41) is 5.87. The fourth-order valence-electron chi connectivity index (χ4n) is 4.85. The van der Waals surface area contributed by atoms with Crippen molar-refractivity contribution in [1.29, 1.82) is 0 Å². The van der Waals surface area contributed by atoms with Crippen molar-refractivity contribution >= 4 is 29.6 Å². The number of nitrogens with one attached hydrogen (secondary N) is 1. The highest BCUT2D eigenvalue weighted by Crippen LogP contribution is 2.28. The van der Waals surface area contributed by atoms with Gasteiger partial charge in [0.05, 0.1) is 26.3 Å². The zero-order valence-electron chi connectivity index (χ0n) is 22.0. The number of rotatable bonds is 10. The summed E-state index contributed by atoms with van der Waals surface area (Å²) in [6, 6.07) is 11.0. The number of amides is 4. The van der Waals surface area contributed by atoms with Gasteiger partial charge in [0.25, 0.3) is 0 Å². The van der Waals surface area contributed by atoms with Crippen molar-refractivity contribution in [3.63, 3.8) is 0 Å². The summed E-state index contributed by atoms with van der Waals surface area (Å²) in [4.78, 5) is 43.1. The summed E-state index contributed by atoms with van der Waals surface area (Å²) in [7, 11) is 1.65. The van der Waals surface area contributed by atoms with E-state index in [-0.39, 0.29) is 62.8 Å². The number of thioether (sulfide) groups is 1. The number of piperazine rings is 1. The molecular formula is C27H33F2N5O4S. The van der Waals surface area contributed by atoms with Crippen molar-refractivity contribution < 1.29 is 27.9 Å². The first-order valence-corrected chi connectivity index (χ1v) is 14.1. The van der Waals surface area contributed by atoms with Gasteiger partial charge < -0.3 is 19.9 Å². The Morgan fingerprint density at radius 3 is 2.59 bits per heavy atom. The van der Waals surface area contributed by atoms with Crippen molar-refractivity contribution in [2.24, 2.45) is 0 Å². The van der Waals surface area contributed by atoms with Gasteiger partial charge in [0.2, 0.25) is 11.8 Å². The van der Waals surface area contributed by atoms with Gasteiger partial charge in [-0.3, -0.25) is 9.59 Å². The molecule has 0 bridgehead atoms. The number of hydrogen-bond donors (Lipinski definition) is 1. The number of halogens is 2. The average Bonchev–Trinajstić information content (AvgIpc) is 2.91. The van der Waals surface area contributed by atoms with Crippen LogP contribution in [0.15, 0.2) is 48.5 Å². The van der Waals surface area contributed by atoms with Crippen molar-refractivity contribution in [3.8, 4) is 0 Å². The van der Waals surface area contributed by atoms with Crippen LogP contribution in [0, 0.1) is 11.6 Å². The fourth-order valence-corrected chi connectivity index (χ4v) is 5.30. The molecular weight excluding hydrogens is 528 g/mol. The van der Waals surface area contributed by atoms with Crippen LogP contribution in [0.1, 0.15) is 17.5 Å². The Labute approximate surface area is 231 Å². The molecule has 4 amide bonds. The average molecular weight is 562 g/mol. The van der Waals surface area contributed by atoms with Crippen LogP contribution < -0.4 is 5.32 Å². The normalized spacial score (nSPS) is 19.8. The molecule has 2 heterocycles. The fraction of sp³-hybridized carbons (Fsp3) is 0.444. The number of carbonyl (C=O) groups excluding carboxylic acids is 3. The zero-order valence-corrected chi connectivity index (χ0v) is 22.8. The third-order valence-electron chi connectivity index (χ3n) is 6.82. The summed E-state index contributed by atoms with van der Waals surface area (Å²) >= 11 is 1.58. The van der Waals surface area contributed by atoms with Gasteiger partial charge in [-0.2, -0.15) is 11.8 Å². The summed E-state index contributed by atoms with van der Waals surface area (Å²) in [5.74, 6) is -0.474. The first-order chi connectivity index (χ1) is 18.8. The maximum atomic E-state index is 13.9. The van der Waals surface area contributed by atoms with E-state index in [0.717, 1.165) is 5.56 Å². The molecule has 2 saturated heterocycles. The summed E-state index contributed by atoms with van der Waals surface area (Å²) < 4.78 is 32.8. The predicted molar refractivity (Wildman–Crippen MR) is 143 cm³/mol. The van der Waals surface area contributed by atoms with Gasteiger partial charge >= 0.3 is 6.03 Å². The molecule has 2 fully saturated rings. The third-order valence-corrected chi connectivity index (χ3v) is 7.46. The molecule has 0 saturated carbocycles. The molecule has 2 aromatic carbocycles. The molecule has 0 aliphatic carbocycles. The molecule has 0 unspecified atom stereocenters. The molecule has 0 spiro atoms. The highest BCUT2D eigenvalue weighted by atomic mass is 32.2. The van der Waals surface area contributed by atoms with Crippen molar-refractivity contribution in [2.75, 3.05) is 45.3 Å². The van der Waals surface area contributed by atoms with Crippen LogP contribution in [-0.4, -0.2) is 95.2 Å². The highest BCUT2D eigenvalue weighted by Gasteiger charge is 2.50. The number of benzene rings is 2. The maximum Gasteiger partial charge on any atom is 0.334 e. The van der Waals surface area contributed by atoms with Gasteiger partial charge in [0, 0.05) is 25.7 Å². The van der Waals surface area contributed by atoms with Gasteiger partial charge in [-0.1, -0.05) is 30.3 Å². The minimum Gasteiger partial charge on any atom is -0.375 e. The summed E-state index contributed by atoms with van der Waals surface area (Å²) in [6.45, 7) is 0.706. The third kappa shape index (κ3) is 6.87. The van der Waals surface area contributed by atoms with Gasteiger partial charge in [0.15, 0.2) is 0 Å². The molecule has 0 radical (unpaired) electrons. The van der Waals surface area contributed by atoms with Gasteiger partial charge in [-0.05, 0) is 42.2 Å². The molecule has 210 valence electrons. The standard InChI is InChI=1S/C27H33F2N5O4S/c1-31-17-25(35)33-23(11-14-39-2)26(36)32(12-13-38-18-20-5-3-4-6-22(20)29)16-24(33)34(31)27(37)30-15-19-7-9-21(28)10-8-19/h3-10,23-24H,11-18H2,1-2H3,(H,30,37)/t23-,24-/m0/s1. The lowest BCUT2D eigenvalue weighted by molar-refractivity contribution is -0.187. The minimum absolute atomic E-state index is 0.0464. The summed E-state index contributed by atoms with van der Waals surface area (Å²) in [5.41, 5.74) is 1.15. The number of urea groups is 1. The van der Waals surface area contributed by atoms with Crippen LogP contribution in [0.3, 0.4) is 0 Å². The van der Waals surface area contributed by atoms with E-state index < -0.39 is 18.2 Å². The maximum absolute atomic E-state index is 13.9. The van der Waals surface area contributed by atoms with Crippen molar-refractivity contribution in [2.45, 2.75) is 31.8 Å². The van der Waals surface area contributed by atoms with Crippen LogP contribution in [0.2, 0.25) is 0 Å². The van der Waals surface area contributed by atoms with Crippen LogP contribution in [-0.2, 0) is 27.5 Å². The summed E-state index contributed by atoms with van der Waals surface area (Å²) in [6.07, 6.45) is 1.67. The number of likely N-dealkylation sites (N-methyl/N-ethyl adjacent to an activating group) is 1. The molecule has 2 aliphatic rings. The Kier molecular flexibility index (Phi) is 9.76.